The van der Waals surface area contributed by atoms with Gasteiger partial charge >= 0.3 is 0 Å². The predicted molar refractivity (Wildman–Crippen MR) is 49.6 cm³/mol. The highest BCUT2D eigenvalue weighted by Crippen LogP contribution is 2.17. The second kappa shape index (κ2) is 4.85. The molecule has 0 radical (unpaired) electrons. The summed E-state index contributed by atoms with van der Waals surface area (Å²) in [5, 5.41) is 27.0. The van der Waals surface area contributed by atoms with Crippen LogP contribution in [0.3, 0.4) is 0 Å². The van der Waals surface area contributed by atoms with Crippen LogP contribution in [0.1, 0.15) is 27.0 Å². The van der Waals surface area contributed by atoms with Crippen LogP contribution in [0.5, 0.6) is 0 Å². The molecule has 0 saturated carbocycles. The van der Waals surface area contributed by atoms with Crippen molar-refractivity contribution >= 4 is 6.29 Å². The maximum absolute atomic E-state index is 10.5. The minimum absolute atomic E-state index is 0.259. The van der Waals surface area contributed by atoms with Crippen molar-refractivity contribution in [1.29, 1.82) is 0 Å². The summed E-state index contributed by atoms with van der Waals surface area (Å²) in [6.45, 7) is -0.778. The zero-order valence-electron chi connectivity index (χ0n) is 7.60. The van der Waals surface area contributed by atoms with Crippen molar-refractivity contribution in [2.75, 3.05) is 0 Å². The van der Waals surface area contributed by atoms with Crippen LogP contribution in [-0.4, -0.2) is 21.6 Å². The Balaban J connectivity index is 3.31. The van der Waals surface area contributed by atoms with E-state index in [9.17, 15) is 4.79 Å². The Hall–Kier alpha value is -1.23. The Kier molecular flexibility index (Phi) is 3.76. The molecule has 0 fully saturated rings. The van der Waals surface area contributed by atoms with Gasteiger partial charge in [0.05, 0.1) is 19.8 Å². The topological polar surface area (TPSA) is 77.8 Å². The lowest BCUT2D eigenvalue weighted by atomic mass is 9.99. The molecule has 0 saturated heterocycles. The quantitative estimate of drug-likeness (QED) is 0.591. The third kappa shape index (κ3) is 1.98. The van der Waals surface area contributed by atoms with E-state index in [0.717, 1.165) is 0 Å². The molecule has 0 spiro atoms. The molecule has 0 aliphatic rings. The smallest absolute Gasteiger partial charge is 0.150 e. The summed E-state index contributed by atoms with van der Waals surface area (Å²) in [6.07, 6.45) is 0.638. The standard InChI is InChI=1S/C10H12O4/c11-3-7-1-8(4-12)10(6-14)9(2-7)5-13/h1-3,12-14H,4-6H2. The zero-order chi connectivity index (χ0) is 10.6. The van der Waals surface area contributed by atoms with E-state index in [-0.39, 0.29) is 19.8 Å². The third-order valence-corrected chi connectivity index (χ3v) is 2.09. The summed E-state index contributed by atoms with van der Waals surface area (Å²) in [6, 6.07) is 3.00. The highest BCUT2D eigenvalue weighted by Gasteiger charge is 2.08. The molecular weight excluding hydrogens is 184 g/mol. The number of carbonyl (C=O) groups is 1. The maximum Gasteiger partial charge on any atom is 0.150 e. The van der Waals surface area contributed by atoms with Gasteiger partial charge in [-0.3, -0.25) is 4.79 Å². The number of hydrogen-bond acceptors (Lipinski definition) is 4. The lowest BCUT2D eigenvalue weighted by molar-refractivity contribution is 0.112. The molecule has 0 bridgehead atoms. The number of benzene rings is 1. The van der Waals surface area contributed by atoms with Crippen molar-refractivity contribution in [1.82, 2.24) is 0 Å². The van der Waals surface area contributed by atoms with Crippen LogP contribution in [0.2, 0.25) is 0 Å². The Morgan fingerprint density at radius 3 is 1.79 bits per heavy atom. The highest BCUT2D eigenvalue weighted by molar-refractivity contribution is 5.76. The number of aldehydes is 1. The number of rotatable bonds is 4. The van der Waals surface area contributed by atoms with Crippen LogP contribution in [0, 0.1) is 0 Å². The van der Waals surface area contributed by atoms with Gasteiger partial charge in [-0.2, -0.15) is 0 Å². The fraction of sp³-hybridized carbons (Fsp3) is 0.300. The van der Waals surface area contributed by atoms with Gasteiger partial charge in [0.2, 0.25) is 0 Å². The van der Waals surface area contributed by atoms with E-state index in [2.05, 4.69) is 0 Å². The molecule has 4 nitrogen and oxygen atoms in total. The first-order valence-electron chi connectivity index (χ1n) is 4.19. The first-order valence-corrected chi connectivity index (χ1v) is 4.19. The average molecular weight is 196 g/mol. The van der Waals surface area contributed by atoms with E-state index < -0.39 is 0 Å². The normalized spacial score (nSPS) is 10.2. The predicted octanol–water partition coefficient (Wildman–Crippen LogP) is -0.0240. The first kappa shape index (κ1) is 10.8. The van der Waals surface area contributed by atoms with E-state index >= 15 is 0 Å². The van der Waals surface area contributed by atoms with E-state index in [4.69, 9.17) is 15.3 Å². The van der Waals surface area contributed by atoms with Crippen LogP contribution >= 0.6 is 0 Å². The molecular formula is C10H12O4. The van der Waals surface area contributed by atoms with Crippen LogP contribution in [0.4, 0.5) is 0 Å². The Morgan fingerprint density at radius 2 is 1.50 bits per heavy atom. The molecule has 76 valence electrons. The highest BCUT2D eigenvalue weighted by atomic mass is 16.3. The van der Waals surface area contributed by atoms with Gasteiger partial charge in [-0.25, -0.2) is 0 Å². The van der Waals surface area contributed by atoms with Crippen molar-refractivity contribution in [3.8, 4) is 0 Å². The van der Waals surface area contributed by atoms with Gasteiger partial charge in [-0.05, 0) is 28.8 Å². The Labute approximate surface area is 81.4 Å². The van der Waals surface area contributed by atoms with Gasteiger partial charge in [0.15, 0.2) is 0 Å². The summed E-state index contributed by atoms with van der Waals surface area (Å²) >= 11 is 0. The largest absolute Gasteiger partial charge is 0.392 e. The summed E-state index contributed by atoms with van der Waals surface area (Å²) in [5.74, 6) is 0. The molecule has 1 rings (SSSR count). The third-order valence-electron chi connectivity index (χ3n) is 2.09. The van der Waals surface area contributed by atoms with Crippen molar-refractivity contribution in [3.63, 3.8) is 0 Å². The van der Waals surface area contributed by atoms with Gasteiger partial charge < -0.3 is 15.3 Å². The maximum atomic E-state index is 10.5. The number of hydrogen-bond donors (Lipinski definition) is 3. The monoisotopic (exact) mass is 196 g/mol. The fourth-order valence-electron chi connectivity index (χ4n) is 1.38. The van der Waals surface area contributed by atoms with E-state index in [1.165, 1.54) is 12.1 Å². The number of aliphatic hydroxyl groups excluding tert-OH is 3. The lowest BCUT2D eigenvalue weighted by Gasteiger charge is -2.10. The van der Waals surface area contributed by atoms with Gasteiger partial charge in [-0.15, -0.1) is 0 Å². The molecule has 14 heavy (non-hydrogen) atoms. The van der Waals surface area contributed by atoms with Gasteiger partial charge in [0.25, 0.3) is 0 Å². The van der Waals surface area contributed by atoms with Gasteiger partial charge in [-0.1, -0.05) is 0 Å². The van der Waals surface area contributed by atoms with Crippen LogP contribution in [-0.2, 0) is 19.8 Å². The SMILES string of the molecule is O=Cc1cc(CO)c(CO)c(CO)c1. The van der Waals surface area contributed by atoms with Gasteiger partial charge in [0.1, 0.15) is 6.29 Å². The van der Waals surface area contributed by atoms with Crippen molar-refractivity contribution < 1.29 is 20.1 Å². The molecule has 0 amide bonds. The lowest BCUT2D eigenvalue weighted by Crippen LogP contribution is -2.02. The van der Waals surface area contributed by atoms with Crippen LogP contribution in [0.15, 0.2) is 12.1 Å². The second-order valence-corrected chi connectivity index (χ2v) is 2.91. The van der Waals surface area contributed by atoms with Crippen molar-refractivity contribution in [2.24, 2.45) is 0 Å². The minimum Gasteiger partial charge on any atom is -0.392 e. The Morgan fingerprint density at radius 1 is 1.00 bits per heavy atom. The second-order valence-electron chi connectivity index (χ2n) is 2.91. The zero-order valence-corrected chi connectivity index (χ0v) is 7.60. The molecule has 0 aliphatic carbocycles. The molecule has 3 N–H and O–H groups in total. The van der Waals surface area contributed by atoms with E-state index in [0.29, 0.717) is 28.5 Å². The minimum atomic E-state index is -0.259. The molecule has 1 aromatic rings. The molecule has 0 atom stereocenters. The van der Waals surface area contributed by atoms with E-state index in [1.54, 1.807) is 0 Å². The van der Waals surface area contributed by atoms with Crippen molar-refractivity contribution in [2.45, 2.75) is 19.8 Å². The molecule has 0 aliphatic heterocycles. The summed E-state index contributed by atoms with van der Waals surface area (Å²) in [5.41, 5.74) is 1.82. The fourth-order valence-corrected chi connectivity index (χ4v) is 1.38. The van der Waals surface area contributed by atoms with Gasteiger partial charge in [0, 0.05) is 5.56 Å². The summed E-state index contributed by atoms with van der Waals surface area (Å²) in [4.78, 5) is 10.5. The van der Waals surface area contributed by atoms with Crippen LogP contribution < -0.4 is 0 Å². The number of aliphatic hydroxyl groups is 3. The average Bonchev–Trinajstić information content (AvgIpc) is 2.26. The first-order chi connectivity index (χ1) is 6.76. The Bertz CT molecular complexity index is 308. The van der Waals surface area contributed by atoms with Crippen molar-refractivity contribution in [3.05, 3.63) is 34.4 Å². The molecule has 4 heteroatoms. The molecule has 0 heterocycles. The summed E-state index contributed by atoms with van der Waals surface area (Å²) in [7, 11) is 0. The number of carbonyl (C=O) groups excluding carboxylic acids is 1. The molecule has 0 unspecified atom stereocenters. The summed E-state index contributed by atoms with van der Waals surface area (Å²) < 4.78 is 0. The van der Waals surface area contributed by atoms with Crippen LogP contribution in [0.25, 0.3) is 0 Å². The van der Waals surface area contributed by atoms with E-state index in [1.807, 2.05) is 0 Å². The molecule has 0 aromatic heterocycles. The molecule has 1 aromatic carbocycles.